The molecule has 29 heavy (non-hydrogen) atoms. The Kier molecular flexibility index (Phi) is 5.25. The molecule has 2 heterocycles. The molecule has 1 atom stereocenters. The zero-order valence-electron chi connectivity index (χ0n) is 16.2. The number of methoxy groups -OCH3 is 1. The summed E-state index contributed by atoms with van der Waals surface area (Å²) in [5.74, 6) is 0.821. The highest BCUT2D eigenvalue weighted by molar-refractivity contribution is 6.01. The minimum Gasteiger partial charge on any atom is -0.497 e. The maximum Gasteiger partial charge on any atom is 0.416 e. The molecule has 0 aromatic heterocycles. The van der Waals surface area contributed by atoms with Crippen LogP contribution in [0.15, 0.2) is 53.7 Å². The number of halogens is 3. The first-order valence-electron chi connectivity index (χ1n) is 9.65. The molecule has 0 amide bonds. The maximum atomic E-state index is 13.0. The number of rotatable bonds is 4. The predicted molar refractivity (Wildman–Crippen MR) is 104 cm³/mol. The van der Waals surface area contributed by atoms with Crippen LogP contribution >= 0.6 is 0 Å². The largest absolute Gasteiger partial charge is 0.497 e. The van der Waals surface area contributed by atoms with E-state index in [4.69, 9.17) is 9.57 Å². The summed E-state index contributed by atoms with van der Waals surface area (Å²) in [7, 11) is 1.64. The van der Waals surface area contributed by atoms with Gasteiger partial charge in [0.05, 0.1) is 18.4 Å². The molecular formula is C22H23F3N2O2. The van der Waals surface area contributed by atoms with Crippen LogP contribution in [0.2, 0.25) is 0 Å². The summed E-state index contributed by atoms with van der Waals surface area (Å²) < 4.78 is 44.3. The van der Waals surface area contributed by atoms with E-state index in [2.05, 4.69) is 10.1 Å². The fraction of sp³-hybridized carbons (Fsp3) is 0.409. The molecule has 1 spiro atoms. The second kappa shape index (κ2) is 7.71. The van der Waals surface area contributed by atoms with Crippen LogP contribution in [0.3, 0.4) is 0 Å². The lowest BCUT2D eigenvalue weighted by atomic mass is 9.86. The lowest BCUT2D eigenvalue weighted by Gasteiger charge is -2.38. The van der Waals surface area contributed by atoms with Gasteiger partial charge in [-0.25, -0.2) is 0 Å². The second-order valence-corrected chi connectivity index (χ2v) is 7.73. The monoisotopic (exact) mass is 404 g/mol. The SMILES string of the molecule is COc1ccc(CN2CCCC3(CC(c4cccc(C(F)(F)F)c4)=NO3)C2)cc1. The molecule has 7 heteroatoms. The van der Waals surface area contributed by atoms with Gasteiger partial charge in [0.2, 0.25) is 0 Å². The van der Waals surface area contributed by atoms with Crippen LogP contribution < -0.4 is 4.74 Å². The van der Waals surface area contributed by atoms with Gasteiger partial charge in [-0.15, -0.1) is 0 Å². The summed E-state index contributed by atoms with van der Waals surface area (Å²) in [6.07, 6.45) is -2.04. The van der Waals surface area contributed by atoms with Crippen LogP contribution in [0.4, 0.5) is 13.2 Å². The second-order valence-electron chi connectivity index (χ2n) is 7.73. The molecule has 1 unspecified atom stereocenters. The van der Waals surface area contributed by atoms with E-state index in [-0.39, 0.29) is 0 Å². The Labute approximate surface area is 167 Å². The summed E-state index contributed by atoms with van der Waals surface area (Å²) >= 11 is 0. The normalized spacial score (nSPS) is 22.4. The molecule has 0 aliphatic carbocycles. The Balaban J connectivity index is 1.43. The Hall–Kier alpha value is -2.54. The zero-order chi connectivity index (χ0) is 20.5. The number of piperidine rings is 1. The summed E-state index contributed by atoms with van der Waals surface area (Å²) in [4.78, 5) is 8.14. The third-order valence-electron chi connectivity index (χ3n) is 5.55. The Bertz CT molecular complexity index is 896. The highest BCUT2D eigenvalue weighted by Crippen LogP contribution is 2.36. The number of benzene rings is 2. The third-order valence-corrected chi connectivity index (χ3v) is 5.55. The van der Waals surface area contributed by atoms with Crippen molar-refractivity contribution in [3.05, 3.63) is 65.2 Å². The quantitative estimate of drug-likeness (QED) is 0.729. The average molecular weight is 404 g/mol. The molecule has 4 nitrogen and oxygen atoms in total. The molecule has 0 N–H and O–H groups in total. The Morgan fingerprint density at radius 1 is 1.17 bits per heavy atom. The van der Waals surface area contributed by atoms with E-state index in [9.17, 15) is 13.2 Å². The summed E-state index contributed by atoms with van der Waals surface area (Å²) in [5.41, 5.74) is 1.11. The average Bonchev–Trinajstić information content (AvgIpc) is 3.11. The molecule has 154 valence electrons. The Morgan fingerprint density at radius 2 is 1.97 bits per heavy atom. The van der Waals surface area contributed by atoms with Gasteiger partial charge >= 0.3 is 6.18 Å². The van der Waals surface area contributed by atoms with E-state index in [1.54, 1.807) is 13.2 Å². The van der Waals surface area contributed by atoms with Crippen molar-refractivity contribution in [1.82, 2.24) is 4.90 Å². The van der Waals surface area contributed by atoms with E-state index in [0.717, 1.165) is 43.8 Å². The van der Waals surface area contributed by atoms with E-state index in [1.807, 2.05) is 24.3 Å². The first-order chi connectivity index (χ1) is 13.9. The molecule has 2 aliphatic rings. The predicted octanol–water partition coefficient (Wildman–Crippen LogP) is 4.87. The smallest absolute Gasteiger partial charge is 0.416 e. The van der Waals surface area contributed by atoms with Gasteiger partial charge in [0.25, 0.3) is 0 Å². The number of alkyl halides is 3. The minimum atomic E-state index is -4.37. The van der Waals surface area contributed by atoms with E-state index >= 15 is 0 Å². The van der Waals surface area contributed by atoms with Crippen LogP contribution in [-0.2, 0) is 17.6 Å². The number of nitrogens with zero attached hydrogens (tertiary/aromatic N) is 2. The molecule has 0 saturated carbocycles. The van der Waals surface area contributed by atoms with Crippen molar-refractivity contribution < 1.29 is 22.7 Å². The standard InChI is InChI=1S/C22H23F3N2O2/c1-28-19-8-6-16(7-9-19)14-27-11-3-10-21(15-27)13-20(26-29-21)17-4-2-5-18(12-17)22(23,24)25/h2,4-9,12H,3,10-11,13-15H2,1H3. The fourth-order valence-corrected chi connectivity index (χ4v) is 4.08. The van der Waals surface area contributed by atoms with Gasteiger partial charge in [-0.3, -0.25) is 4.90 Å². The lowest BCUT2D eigenvalue weighted by Crippen LogP contribution is -2.47. The van der Waals surface area contributed by atoms with Crippen molar-refractivity contribution in [3.63, 3.8) is 0 Å². The van der Waals surface area contributed by atoms with Gasteiger partial charge in [-0.2, -0.15) is 13.2 Å². The third kappa shape index (κ3) is 4.40. The van der Waals surface area contributed by atoms with Gasteiger partial charge in [0, 0.05) is 25.1 Å². The molecule has 2 aromatic rings. The van der Waals surface area contributed by atoms with Crippen LogP contribution in [0.25, 0.3) is 0 Å². The number of likely N-dealkylation sites (tertiary alicyclic amines) is 1. The van der Waals surface area contributed by atoms with E-state index < -0.39 is 17.3 Å². The summed E-state index contributed by atoms with van der Waals surface area (Å²) in [5, 5.41) is 4.18. The van der Waals surface area contributed by atoms with Crippen molar-refractivity contribution in [2.75, 3.05) is 20.2 Å². The van der Waals surface area contributed by atoms with Crippen molar-refractivity contribution in [3.8, 4) is 5.75 Å². The lowest BCUT2D eigenvalue weighted by molar-refractivity contribution is -0.137. The van der Waals surface area contributed by atoms with Crippen molar-refractivity contribution in [2.45, 2.75) is 37.6 Å². The molecular weight excluding hydrogens is 381 g/mol. The van der Waals surface area contributed by atoms with Crippen LogP contribution in [0.1, 0.15) is 36.0 Å². The number of hydrogen-bond acceptors (Lipinski definition) is 4. The number of ether oxygens (including phenoxy) is 1. The van der Waals surface area contributed by atoms with E-state index in [1.165, 1.54) is 11.6 Å². The molecule has 0 bridgehead atoms. The zero-order valence-corrected chi connectivity index (χ0v) is 16.2. The van der Waals surface area contributed by atoms with Crippen molar-refractivity contribution >= 4 is 5.71 Å². The van der Waals surface area contributed by atoms with Crippen LogP contribution in [0.5, 0.6) is 5.75 Å². The van der Waals surface area contributed by atoms with Gasteiger partial charge in [0.1, 0.15) is 5.75 Å². The molecule has 1 saturated heterocycles. The molecule has 4 rings (SSSR count). The van der Waals surface area contributed by atoms with Crippen LogP contribution in [-0.4, -0.2) is 36.4 Å². The van der Waals surface area contributed by atoms with Gasteiger partial charge < -0.3 is 9.57 Å². The summed E-state index contributed by atoms with van der Waals surface area (Å²) in [6.45, 7) is 2.44. The Morgan fingerprint density at radius 3 is 2.69 bits per heavy atom. The topological polar surface area (TPSA) is 34.1 Å². The number of oxime groups is 1. The minimum absolute atomic E-state index is 0.464. The van der Waals surface area contributed by atoms with Gasteiger partial charge in [-0.05, 0) is 49.2 Å². The van der Waals surface area contributed by atoms with Crippen molar-refractivity contribution in [1.29, 1.82) is 0 Å². The fourth-order valence-electron chi connectivity index (χ4n) is 4.08. The van der Waals surface area contributed by atoms with Gasteiger partial charge in [-0.1, -0.05) is 29.4 Å². The maximum absolute atomic E-state index is 13.0. The molecule has 2 aliphatic heterocycles. The van der Waals surface area contributed by atoms with Crippen molar-refractivity contribution in [2.24, 2.45) is 5.16 Å². The van der Waals surface area contributed by atoms with E-state index in [0.29, 0.717) is 24.2 Å². The highest BCUT2D eigenvalue weighted by Gasteiger charge is 2.43. The first kappa shape index (κ1) is 19.8. The summed E-state index contributed by atoms with van der Waals surface area (Å²) in [6, 6.07) is 13.3. The molecule has 2 aromatic carbocycles. The highest BCUT2D eigenvalue weighted by atomic mass is 19.4. The van der Waals surface area contributed by atoms with Crippen LogP contribution in [0, 0.1) is 0 Å². The molecule has 0 radical (unpaired) electrons. The van der Waals surface area contributed by atoms with Gasteiger partial charge in [0.15, 0.2) is 5.60 Å². The first-order valence-corrected chi connectivity index (χ1v) is 9.65. The number of hydrogen-bond donors (Lipinski definition) is 0. The molecule has 1 fully saturated rings.